The minimum Gasteiger partial charge on any atom is -0.303 e. The Hall–Kier alpha value is -3.13. The molecule has 33 heavy (non-hydrogen) atoms. The lowest BCUT2D eigenvalue weighted by atomic mass is 9.75. The number of halogens is 3. The molecule has 3 N–H and O–H groups in total. The number of carbonyl (C=O) groups is 2. The number of alkyl halides is 3. The molecule has 0 bridgehead atoms. The first-order chi connectivity index (χ1) is 15.5. The van der Waals surface area contributed by atoms with E-state index in [0.717, 1.165) is 17.5 Å². The molecule has 1 saturated heterocycles. The zero-order valence-electron chi connectivity index (χ0n) is 16.8. The quantitative estimate of drug-likeness (QED) is 0.222. The Morgan fingerprint density at radius 3 is 2.52 bits per heavy atom. The number of rotatable bonds is 3. The van der Waals surface area contributed by atoms with Crippen LogP contribution in [0.5, 0.6) is 0 Å². The van der Waals surface area contributed by atoms with Crippen LogP contribution in [0.15, 0.2) is 30.5 Å². The van der Waals surface area contributed by atoms with Crippen molar-refractivity contribution in [2.45, 2.75) is 31.0 Å². The second kappa shape index (κ2) is 8.02. The minimum atomic E-state index is -4.83. The second-order valence-electron chi connectivity index (χ2n) is 7.59. The zero-order chi connectivity index (χ0) is 24.1. The van der Waals surface area contributed by atoms with Crippen molar-refractivity contribution in [1.82, 2.24) is 10.4 Å². The van der Waals surface area contributed by atoms with Crippen LogP contribution in [0.1, 0.15) is 40.9 Å². The monoisotopic (exact) mass is 492 g/mol. The minimum absolute atomic E-state index is 0.0141. The summed E-state index contributed by atoms with van der Waals surface area (Å²) in [6.07, 6.45) is -2.16. The Labute approximate surface area is 193 Å². The molecule has 1 aromatic carbocycles. The summed E-state index contributed by atoms with van der Waals surface area (Å²) in [4.78, 5) is 31.6. The first kappa shape index (κ1) is 23.0. The van der Waals surface area contributed by atoms with Gasteiger partial charge in [-0.1, -0.05) is 0 Å². The topological polar surface area (TPSA) is 115 Å². The summed E-state index contributed by atoms with van der Waals surface area (Å²) in [6.45, 7) is 0. The van der Waals surface area contributed by atoms with Crippen molar-refractivity contribution < 1.29 is 22.8 Å². The number of amides is 2. The number of hydrazine groups is 1. The fourth-order valence-electron chi connectivity index (χ4n) is 4.06. The molecule has 1 aliphatic heterocycles. The molecule has 2 aliphatic rings. The molecular weight excluding hydrogens is 476 g/mol. The standard InChI is InChI=1S/C20H16F3N6O2PS/c21-20(22,23)13-6-11(9-26-14(13)8-24)28-17(31)19(4-1-5-19)29(18(28)33)10-2-3-12(15(32)7-10)16(30)27-25/h2-3,6-7,9H,1,4-5,25,32H2,(H,27,30). The molecule has 1 unspecified atom stereocenters. The van der Waals surface area contributed by atoms with Gasteiger partial charge in [-0.15, -0.1) is 9.24 Å². The Balaban J connectivity index is 1.80. The Morgan fingerprint density at radius 1 is 1.30 bits per heavy atom. The summed E-state index contributed by atoms with van der Waals surface area (Å²) in [7, 11) is 2.41. The van der Waals surface area contributed by atoms with Crippen LogP contribution in [0.25, 0.3) is 0 Å². The molecule has 2 fully saturated rings. The normalized spacial score (nSPS) is 17.2. The van der Waals surface area contributed by atoms with Gasteiger partial charge in [-0.25, -0.2) is 10.8 Å². The Morgan fingerprint density at radius 2 is 2.00 bits per heavy atom. The van der Waals surface area contributed by atoms with Crippen molar-refractivity contribution in [2.24, 2.45) is 5.84 Å². The number of hydrogen-bond acceptors (Lipinski definition) is 6. The van der Waals surface area contributed by atoms with Crippen molar-refractivity contribution in [3.05, 3.63) is 47.3 Å². The lowest BCUT2D eigenvalue weighted by Gasteiger charge is -2.43. The van der Waals surface area contributed by atoms with Crippen molar-refractivity contribution in [2.75, 3.05) is 9.80 Å². The molecule has 0 radical (unpaired) electrons. The van der Waals surface area contributed by atoms with Gasteiger partial charge in [0.25, 0.3) is 11.8 Å². The van der Waals surface area contributed by atoms with Crippen LogP contribution >= 0.6 is 21.5 Å². The molecule has 1 spiro atoms. The molecule has 4 rings (SSSR count). The number of benzene rings is 1. The molecule has 1 saturated carbocycles. The van der Waals surface area contributed by atoms with Gasteiger partial charge < -0.3 is 4.90 Å². The maximum absolute atomic E-state index is 13.5. The van der Waals surface area contributed by atoms with Crippen LogP contribution < -0.4 is 26.4 Å². The highest BCUT2D eigenvalue weighted by molar-refractivity contribution is 7.81. The molecular formula is C20H16F3N6O2PS. The summed E-state index contributed by atoms with van der Waals surface area (Å²) in [6, 6.07) is 6.88. The number of pyridine rings is 1. The average molecular weight is 492 g/mol. The van der Waals surface area contributed by atoms with Crippen molar-refractivity contribution in [3.63, 3.8) is 0 Å². The van der Waals surface area contributed by atoms with E-state index in [1.807, 2.05) is 5.43 Å². The molecule has 1 aromatic heterocycles. The maximum Gasteiger partial charge on any atom is 0.419 e. The highest BCUT2D eigenvalue weighted by Gasteiger charge is 2.59. The van der Waals surface area contributed by atoms with Gasteiger partial charge >= 0.3 is 6.18 Å². The largest absolute Gasteiger partial charge is 0.419 e. The van der Waals surface area contributed by atoms with E-state index < -0.39 is 34.8 Å². The highest BCUT2D eigenvalue weighted by Crippen LogP contribution is 2.48. The van der Waals surface area contributed by atoms with E-state index in [0.29, 0.717) is 35.5 Å². The van der Waals surface area contributed by atoms with Gasteiger partial charge in [0.1, 0.15) is 11.6 Å². The molecule has 1 aliphatic carbocycles. The number of nitrogens with zero attached hydrogens (tertiary/aromatic N) is 4. The van der Waals surface area contributed by atoms with Crippen LogP contribution in [0.3, 0.4) is 0 Å². The van der Waals surface area contributed by atoms with Gasteiger partial charge in [0.05, 0.1) is 17.4 Å². The Kier molecular flexibility index (Phi) is 5.60. The zero-order valence-corrected chi connectivity index (χ0v) is 18.8. The van der Waals surface area contributed by atoms with E-state index in [9.17, 15) is 22.8 Å². The molecule has 13 heteroatoms. The van der Waals surface area contributed by atoms with Crippen molar-refractivity contribution >= 4 is 55.1 Å². The number of nitrogens with two attached hydrogens (primary N) is 1. The highest BCUT2D eigenvalue weighted by atomic mass is 32.1. The average Bonchev–Trinajstić information content (AvgIpc) is 2.98. The van der Waals surface area contributed by atoms with Crippen LogP contribution in [-0.4, -0.2) is 27.4 Å². The van der Waals surface area contributed by atoms with E-state index in [4.69, 9.17) is 23.3 Å². The van der Waals surface area contributed by atoms with E-state index >= 15 is 0 Å². The third-order valence-corrected chi connectivity index (χ3v) is 6.65. The lowest BCUT2D eigenvalue weighted by molar-refractivity contribution is -0.138. The maximum atomic E-state index is 13.5. The fourth-order valence-corrected chi connectivity index (χ4v) is 4.93. The van der Waals surface area contributed by atoms with Crippen molar-refractivity contribution in [3.8, 4) is 6.07 Å². The predicted molar refractivity (Wildman–Crippen MR) is 121 cm³/mol. The van der Waals surface area contributed by atoms with Gasteiger partial charge in [-0.05, 0) is 61.1 Å². The van der Waals surface area contributed by atoms with Gasteiger partial charge in [0.2, 0.25) is 0 Å². The van der Waals surface area contributed by atoms with Gasteiger partial charge in [-0.2, -0.15) is 18.4 Å². The summed E-state index contributed by atoms with van der Waals surface area (Å²) < 4.78 is 40.4. The van der Waals surface area contributed by atoms with Crippen LogP contribution in [0.4, 0.5) is 24.5 Å². The number of nitrogen functional groups attached to an aromatic ring is 1. The lowest BCUT2D eigenvalue weighted by Crippen LogP contribution is -2.55. The molecule has 2 aromatic rings. The first-order valence-electron chi connectivity index (χ1n) is 9.61. The fraction of sp³-hybridized carbons (Fsp3) is 0.250. The van der Waals surface area contributed by atoms with Crippen LogP contribution in [0.2, 0.25) is 0 Å². The molecule has 8 nitrogen and oxygen atoms in total. The van der Waals surface area contributed by atoms with Crippen LogP contribution in [-0.2, 0) is 11.0 Å². The van der Waals surface area contributed by atoms with Gasteiger partial charge in [0.15, 0.2) is 10.8 Å². The first-order valence-corrected chi connectivity index (χ1v) is 10.6. The smallest absolute Gasteiger partial charge is 0.303 e. The summed E-state index contributed by atoms with van der Waals surface area (Å²) in [5, 5.41) is 9.49. The third-order valence-electron chi connectivity index (χ3n) is 5.80. The number of carbonyl (C=O) groups excluding carboxylic acids is 2. The molecule has 170 valence electrons. The predicted octanol–water partition coefficient (Wildman–Crippen LogP) is 2.14. The van der Waals surface area contributed by atoms with E-state index in [1.54, 1.807) is 17.0 Å². The summed E-state index contributed by atoms with van der Waals surface area (Å²) >= 11 is 5.55. The molecule has 2 amide bonds. The Bertz CT molecular complexity index is 1240. The number of hydrogen-bond donors (Lipinski definition) is 2. The summed E-state index contributed by atoms with van der Waals surface area (Å²) in [5.41, 5.74) is -0.402. The number of nitriles is 1. The number of nitrogens with one attached hydrogen (secondary N) is 1. The number of aromatic nitrogens is 1. The van der Waals surface area contributed by atoms with Gasteiger partial charge in [-0.3, -0.25) is 19.9 Å². The van der Waals surface area contributed by atoms with E-state index in [1.165, 1.54) is 12.1 Å². The van der Waals surface area contributed by atoms with Crippen LogP contribution in [0, 0.1) is 11.3 Å². The van der Waals surface area contributed by atoms with Crippen molar-refractivity contribution in [1.29, 1.82) is 5.26 Å². The molecule has 2 heterocycles. The number of anilines is 2. The summed E-state index contributed by atoms with van der Waals surface area (Å²) in [5.74, 6) is 4.23. The van der Waals surface area contributed by atoms with Gasteiger partial charge in [0, 0.05) is 11.3 Å². The van der Waals surface area contributed by atoms with E-state index in [-0.39, 0.29) is 10.8 Å². The molecule has 1 atom stereocenters. The third kappa shape index (κ3) is 3.53. The van der Waals surface area contributed by atoms with E-state index in [2.05, 4.69) is 14.2 Å². The number of thiocarbonyl (C=S) groups is 1. The SMILES string of the molecule is N#Cc1ncc(N2C(=O)C3(CCC3)N(c3ccc(C(=O)NN)c(P)c3)C2=S)cc1C(F)(F)F. The second-order valence-corrected chi connectivity index (χ2v) is 8.58.